The number of piperidine rings is 1. The summed E-state index contributed by atoms with van der Waals surface area (Å²) in [6.07, 6.45) is 9.86. The van der Waals surface area contributed by atoms with Crippen LogP contribution in [0.1, 0.15) is 64.7 Å². The number of Topliss-reactive ketones (excluding diaryl/α,β-unsaturated/α-hetero) is 1. The van der Waals surface area contributed by atoms with Gasteiger partial charge in [0.25, 0.3) is 0 Å². The zero-order chi connectivity index (χ0) is 19.6. The average Bonchev–Trinajstić information content (AvgIpc) is 2.69. The molecule has 0 radical (unpaired) electrons. The van der Waals surface area contributed by atoms with E-state index in [0.717, 1.165) is 57.8 Å². The SMILES string of the molecule is CNCCN(C)CCCCC1CCN(C(=O)C2CCC(C(C)=O)CC2)CC1. The number of carbonyl (C=O) groups is 2. The Bertz CT molecular complexity index is 452. The van der Waals surface area contributed by atoms with Gasteiger partial charge >= 0.3 is 0 Å². The lowest BCUT2D eigenvalue weighted by Crippen LogP contribution is -2.43. The molecule has 1 saturated heterocycles. The van der Waals surface area contributed by atoms with Gasteiger partial charge in [0.05, 0.1) is 0 Å². The van der Waals surface area contributed by atoms with E-state index in [1.165, 1.54) is 38.6 Å². The standard InChI is InChI=1S/C22H41N3O2/c1-18(26)20-7-9-21(10-8-20)22(27)25-15-11-19(12-16-25)6-4-5-14-24(3)17-13-23-2/h19-21,23H,4-17H2,1-3H3. The quantitative estimate of drug-likeness (QED) is 0.593. The van der Waals surface area contributed by atoms with Crippen molar-refractivity contribution in [3.8, 4) is 0 Å². The van der Waals surface area contributed by atoms with E-state index in [1.54, 1.807) is 6.92 Å². The number of rotatable bonds is 10. The summed E-state index contributed by atoms with van der Waals surface area (Å²) in [5.74, 6) is 1.84. The van der Waals surface area contributed by atoms with Gasteiger partial charge in [0.15, 0.2) is 0 Å². The molecule has 2 aliphatic rings. The van der Waals surface area contributed by atoms with Crippen molar-refractivity contribution >= 4 is 11.7 Å². The summed E-state index contributed by atoms with van der Waals surface area (Å²) in [4.78, 5) is 28.8. The lowest BCUT2D eigenvalue weighted by molar-refractivity contribution is -0.139. The summed E-state index contributed by atoms with van der Waals surface area (Å²) in [7, 11) is 4.20. The van der Waals surface area contributed by atoms with Gasteiger partial charge in [-0.25, -0.2) is 0 Å². The number of likely N-dealkylation sites (tertiary alicyclic amines) is 1. The van der Waals surface area contributed by atoms with Crippen molar-refractivity contribution in [1.82, 2.24) is 15.1 Å². The van der Waals surface area contributed by atoms with Gasteiger partial charge in [-0.15, -0.1) is 0 Å². The fourth-order valence-electron chi connectivity index (χ4n) is 4.68. The van der Waals surface area contributed by atoms with Crippen LogP contribution in [0.3, 0.4) is 0 Å². The fourth-order valence-corrected chi connectivity index (χ4v) is 4.68. The van der Waals surface area contributed by atoms with E-state index in [0.29, 0.717) is 11.7 Å². The van der Waals surface area contributed by atoms with E-state index in [2.05, 4.69) is 22.2 Å². The summed E-state index contributed by atoms with van der Waals surface area (Å²) < 4.78 is 0. The summed E-state index contributed by atoms with van der Waals surface area (Å²) in [5, 5.41) is 3.20. The van der Waals surface area contributed by atoms with Gasteiger partial charge in [0, 0.05) is 38.0 Å². The van der Waals surface area contributed by atoms with E-state index >= 15 is 0 Å². The number of carbonyl (C=O) groups excluding carboxylic acids is 2. The van der Waals surface area contributed by atoms with E-state index < -0.39 is 0 Å². The molecule has 0 aromatic rings. The van der Waals surface area contributed by atoms with Gasteiger partial charge in [-0.2, -0.15) is 0 Å². The molecule has 2 rings (SSSR count). The van der Waals surface area contributed by atoms with Crippen LogP contribution in [-0.4, -0.2) is 68.3 Å². The second-order valence-corrected chi connectivity index (χ2v) is 8.83. The molecule has 5 heteroatoms. The maximum atomic E-state index is 12.8. The molecular formula is C22H41N3O2. The highest BCUT2D eigenvalue weighted by atomic mass is 16.2. The summed E-state index contributed by atoms with van der Waals surface area (Å²) in [6.45, 7) is 6.93. The molecule has 1 amide bonds. The molecule has 0 aromatic carbocycles. The molecule has 0 unspecified atom stereocenters. The highest BCUT2D eigenvalue weighted by Crippen LogP contribution is 2.32. The Morgan fingerprint density at radius 3 is 2.19 bits per heavy atom. The maximum Gasteiger partial charge on any atom is 0.225 e. The minimum absolute atomic E-state index is 0.172. The van der Waals surface area contributed by atoms with Gasteiger partial charge in [-0.1, -0.05) is 12.8 Å². The molecule has 1 saturated carbocycles. The molecule has 5 nitrogen and oxygen atoms in total. The Labute approximate surface area is 166 Å². The van der Waals surface area contributed by atoms with Crippen molar-refractivity contribution in [1.29, 1.82) is 0 Å². The topological polar surface area (TPSA) is 52.6 Å². The van der Waals surface area contributed by atoms with Crippen molar-refractivity contribution in [2.24, 2.45) is 17.8 Å². The van der Waals surface area contributed by atoms with Crippen LogP contribution in [0, 0.1) is 17.8 Å². The molecular weight excluding hydrogens is 338 g/mol. The summed E-state index contributed by atoms with van der Waals surface area (Å²) >= 11 is 0. The highest BCUT2D eigenvalue weighted by Gasteiger charge is 2.32. The van der Waals surface area contributed by atoms with Gasteiger partial charge < -0.3 is 15.1 Å². The zero-order valence-electron chi connectivity index (χ0n) is 17.8. The van der Waals surface area contributed by atoms with Crippen LogP contribution in [0.25, 0.3) is 0 Å². The lowest BCUT2D eigenvalue weighted by Gasteiger charge is -2.36. The molecule has 0 bridgehead atoms. The van der Waals surface area contributed by atoms with Crippen LogP contribution < -0.4 is 5.32 Å². The van der Waals surface area contributed by atoms with Gasteiger partial charge in [-0.05, 0) is 78.4 Å². The van der Waals surface area contributed by atoms with Crippen LogP contribution >= 0.6 is 0 Å². The van der Waals surface area contributed by atoms with Crippen LogP contribution in [0.15, 0.2) is 0 Å². The lowest BCUT2D eigenvalue weighted by atomic mass is 9.79. The average molecular weight is 380 g/mol. The second-order valence-electron chi connectivity index (χ2n) is 8.83. The van der Waals surface area contributed by atoms with E-state index in [-0.39, 0.29) is 11.8 Å². The molecule has 1 aliphatic heterocycles. The minimum atomic E-state index is 0.172. The zero-order valence-corrected chi connectivity index (χ0v) is 17.8. The molecule has 1 N–H and O–H groups in total. The summed E-state index contributed by atoms with van der Waals surface area (Å²) in [6, 6.07) is 0. The maximum absolute atomic E-state index is 12.8. The fraction of sp³-hybridized carbons (Fsp3) is 0.909. The predicted octanol–water partition coefficient (Wildman–Crippen LogP) is 2.94. The molecule has 0 atom stereocenters. The molecule has 0 spiro atoms. The van der Waals surface area contributed by atoms with Crippen molar-refractivity contribution in [3.63, 3.8) is 0 Å². The molecule has 27 heavy (non-hydrogen) atoms. The summed E-state index contributed by atoms with van der Waals surface area (Å²) in [5.41, 5.74) is 0. The van der Waals surface area contributed by atoms with Crippen molar-refractivity contribution in [3.05, 3.63) is 0 Å². The number of hydrogen-bond donors (Lipinski definition) is 1. The Hall–Kier alpha value is -0.940. The first-order valence-corrected chi connectivity index (χ1v) is 11.1. The van der Waals surface area contributed by atoms with Gasteiger partial charge in [-0.3, -0.25) is 9.59 Å². The number of ketones is 1. The molecule has 0 aromatic heterocycles. The number of nitrogens with one attached hydrogen (secondary N) is 1. The van der Waals surface area contributed by atoms with Gasteiger partial charge in [0.1, 0.15) is 5.78 Å². The van der Waals surface area contributed by atoms with Crippen LogP contribution in [-0.2, 0) is 9.59 Å². The Balaban J connectivity index is 1.58. The van der Waals surface area contributed by atoms with E-state index in [1.807, 2.05) is 7.05 Å². The third kappa shape index (κ3) is 7.53. The first-order valence-electron chi connectivity index (χ1n) is 11.1. The Morgan fingerprint density at radius 1 is 0.963 bits per heavy atom. The number of likely N-dealkylation sites (N-methyl/N-ethyl adjacent to an activating group) is 2. The number of amides is 1. The number of nitrogens with zero attached hydrogens (tertiary/aromatic N) is 2. The van der Waals surface area contributed by atoms with Crippen molar-refractivity contribution in [2.75, 3.05) is 46.8 Å². The van der Waals surface area contributed by atoms with Crippen molar-refractivity contribution in [2.45, 2.75) is 64.7 Å². The second kappa shape index (κ2) is 11.8. The molecule has 1 aliphatic carbocycles. The predicted molar refractivity (Wildman–Crippen MR) is 111 cm³/mol. The molecule has 2 fully saturated rings. The minimum Gasteiger partial charge on any atom is -0.342 e. The third-order valence-electron chi connectivity index (χ3n) is 6.72. The number of unbranched alkanes of at least 4 members (excludes halogenated alkanes) is 1. The van der Waals surface area contributed by atoms with E-state index in [9.17, 15) is 9.59 Å². The first-order chi connectivity index (χ1) is 13.0. The van der Waals surface area contributed by atoms with Crippen LogP contribution in [0.5, 0.6) is 0 Å². The van der Waals surface area contributed by atoms with E-state index in [4.69, 9.17) is 0 Å². The molecule has 1 heterocycles. The number of hydrogen-bond acceptors (Lipinski definition) is 4. The monoisotopic (exact) mass is 379 g/mol. The van der Waals surface area contributed by atoms with Crippen LogP contribution in [0.2, 0.25) is 0 Å². The van der Waals surface area contributed by atoms with Crippen molar-refractivity contribution < 1.29 is 9.59 Å². The Kier molecular flexibility index (Phi) is 9.77. The Morgan fingerprint density at radius 2 is 1.59 bits per heavy atom. The first kappa shape index (κ1) is 22.4. The third-order valence-corrected chi connectivity index (χ3v) is 6.72. The largest absolute Gasteiger partial charge is 0.342 e. The molecule has 156 valence electrons. The normalized spacial score (nSPS) is 24.4. The smallest absolute Gasteiger partial charge is 0.225 e. The highest BCUT2D eigenvalue weighted by molar-refractivity contribution is 5.81. The van der Waals surface area contributed by atoms with Crippen LogP contribution in [0.4, 0.5) is 0 Å². The van der Waals surface area contributed by atoms with Gasteiger partial charge in [0.2, 0.25) is 5.91 Å².